The van der Waals surface area contributed by atoms with Crippen molar-refractivity contribution in [3.63, 3.8) is 0 Å². The number of piperidine rings is 1. The number of hydrogen-bond donors (Lipinski definition) is 2. The fourth-order valence-corrected chi connectivity index (χ4v) is 4.19. The number of nitrogens with zero attached hydrogens (tertiary/aromatic N) is 1. The van der Waals surface area contributed by atoms with Gasteiger partial charge in [-0.25, -0.2) is 0 Å². The molecule has 2 aliphatic heterocycles. The van der Waals surface area contributed by atoms with E-state index in [1.165, 1.54) is 5.56 Å². The van der Waals surface area contributed by atoms with Crippen molar-refractivity contribution in [1.29, 1.82) is 0 Å². The third-order valence-corrected chi connectivity index (χ3v) is 5.89. The summed E-state index contributed by atoms with van der Waals surface area (Å²) in [5, 5.41) is 6.62. The van der Waals surface area contributed by atoms with Gasteiger partial charge < -0.3 is 15.5 Å². The topological polar surface area (TPSA) is 61.4 Å². The number of halogens is 1. The van der Waals surface area contributed by atoms with E-state index >= 15 is 0 Å². The molecule has 4 rings (SSSR count). The van der Waals surface area contributed by atoms with E-state index < -0.39 is 5.66 Å². The van der Waals surface area contributed by atoms with Gasteiger partial charge in [0.2, 0.25) is 5.91 Å². The zero-order chi connectivity index (χ0) is 18.9. The summed E-state index contributed by atoms with van der Waals surface area (Å²) >= 11 is 3.41. The second kappa shape index (κ2) is 7.35. The Morgan fingerprint density at radius 2 is 1.81 bits per heavy atom. The summed E-state index contributed by atoms with van der Waals surface area (Å²) in [5.74, 6) is 0.120. The number of carbonyl (C=O) groups excluding carboxylic acids is 2. The van der Waals surface area contributed by atoms with Gasteiger partial charge in [-0.2, -0.15) is 0 Å². The minimum absolute atomic E-state index is 0.0612. The van der Waals surface area contributed by atoms with Gasteiger partial charge in [0.1, 0.15) is 5.66 Å². The van der Waals surface area contributed by atoms with E-state index in [9.17, 15) is 9.59 Å². The second-order valence-corrected chi connectivity index (χ2v) is 8.13. The SMILES string of the molecule is O=C1NC2(CCN(C(=O)CCc3ccccc3)CC2)Nc2ccc(Br)cc21. The van der Waals surface area contributed by atoms with Crippen molar-refractivity contribution in [2.24, 2.45) is 0 Å². The van der Waals surface area contributed by atoms with E-state index in [1.807, 2.05) is 41.3 Å². The summed E-state index contributed by atoms with van der Waals surface area (Å²) in [6, 6.07) is 15.8. The first-order valence-corrected chi connectivity index (χ1v) is 10.1. The molecule has 0 saturated carbocycles. The number of aryl methyl sites for hydroxylation is 1. The summed E-state index contributed by atoms with van der Waals surface area (Å²) in [6.45, 7) is 1.29. The van der Waals surface area contributed by atoms with Crippen LogP contribution in [0.5, 0.6) is 0 Å². The van der Waals surface area contributed by atoms with Gasteiger partial charge >= 0.3 is 0 Å². The minimum atomic E-state index is -0.464. The van der Waals surface area contributed by atoms with E-state index in [0.29, 0.717) is 37.9 Å². The average Bonchev–Trinajstić information content (AvgIpc) is 2.68. The summed E-state index contributed by atoms with van der Waals surface area (Å²) in [7, 11) is 0. The number of likely N-dealkylation sites (tertiary alicyclic amines) is 1. The molecule has 1 fully saturated rings. The number of benzene rings is 2. The molecular weight excluding hydrogens is 406 g/mol. The maximum absolute atomic E-state index is 12.6. The molecule has 5 nitrogen and oxygen atoms in total. The smallest absolute Gasteiger partial charge is 0.255 e. The molecule has 140 valence electrons. The van der Waals surface area contributed by atoms with E-state index in [-0.39, 0.29) is 11.8 Å². The molecule has 0 bridgehead atoms. The van der Waals surface area contributed by atoms with E-state index in [4.69, 9.17) is 0 Å². The van der Waals surface area contributed by atoms with Crippen LogP contribution in [0.3, 0.4) is 0 Å². The molecule has 2 heterocycles. The largest absolute Gasteiger partial charge is 0.362 e. The zero-order valence-corrected chi connectivity index (χ0v) is 16.6. The Kier molecular flexibility index (Phi) is 4.91. The fourth-order valence-electron chi connectivity index (χ4n) is 3.83. The van der Waals surface area contributed by atoms with Crippen molar-refractivity contribution >= 4 is 33.4 Å². The standard InChI is InChI=1S/C21H22BrN3O2/c22-16-7-8-18-17(14-16)20(27)24-21(23-18)10-12-25(13-11-21)19(26)9-6-15-4-2-1-3-5-15/h1-5,7-8,14,23H,6,9-13H2,(H,24,27). The Morgan fingerprint density at radius 1 is 1.07 bits per heavy atom. The van der Waals surface area contributed by atoms with Gasteiger partial charge in [-0.3, -0.25) is 9.59 Å². The number of hydrogen-bond acceptors (Lipinski definition) is 3. The summed E-state index contributed by atoms with van der Waals surface area (Å²) in [5.41, 5.74) is 2.22. The number of nitrogens with one attached hydrogen (secondary N) is 2. The Morgan fingerprint density at radius 3 is 2.56 bits per heavy atom. The van der Waals surface area contributed by atoms with E-state index in [1.54, 1.807) is 0 Å². The highest BCUT2D eigenvalue weighted by molar-refractivity contribution is 9.10. The molecule has 0 unspecified atom stereocenters. The van der Waals surface area contributed by atoms with Gasteiger partial charge in [0.25, 0.3) is 5.91 Å². The first-order valence-electron chi connectivity index (χ1n) is 9.27. The van der Waals surface area contributed by atoms with Crippen LogP contribution in [0.1, 0.15) is 35.2 Å². The molecular formula is C21H22BrN3O2. The molecule has 0 aliphatic carbocycles. The molecule has 2 aromatic rings. The molecule has 6 heteroatoms. The normalized spacial score (nSPS) is 17.8. The molecule has 2 N–H and O–H groups in total. The molecule has 0 atom stereocenters. The maximum Gasteiger partial charge on any atom is 0.255 e. The van der Waals surface area contributed by atoms with Crippen LogP contribution in [0.15, 0.2) is 53.0 Å². The monoisotopic (exact) mass is 427 g/mol. The van der Waals surface area contributed by atoms with E-state index in [2.05, 4.69) is 38.7 Å². The van der Waals surface area contributed by atoms with Crippen molar-refractivity contribution < 1.29 is 9.59 Å². The number of amides is 2. The average molecular weight is 428 g/mol. The minimum Gasteiger partial charge on any atom is -0.362 e. The highest BCUT2D eigenvalue weighted by Gasteiger charge is 2.40. The van der Waals surface area contributed by atoms with Crippen LogP contribution in [-0.2, 0) is 11.2 Å². The summed E-state index contributed by atoms with van der Waals surface area (Å²) in [4.78, 5) is 27.0. The molecule has 1 saturated heterocycles. The number of carbonyl (C=O) groups is 2. The van der Waals surface area contributed by atoms with Crippen LogP contribution in [0.25, 0.3) is 0 Å². The molecule has 2 amide bonds. The lowest BCUT2D eigenvalue weighted by molar-refractivity contribution is -0.132. The van der Waals surface area contributed by atoms with Gasteiger partial charge in [-0.05, 0) is 30.2 Å². The van der Waals surface area contributed by atoms with Crippen molar-refractivity contribution in [3.05, 3.63) is 64.1 Å². The predicted molar refractivity (Wildman–Crippen MR) is 109 cm³/mol. The maximum atomic E-state index is 12.6. The van der Waals surface area contributed by atoms with Gasteiger partial charge in [-0.1, -0.05) is 46.3 Å². The van der Waals surface area contributed by atoms with Crippen molar-refractivity contribution in [1.82, 2.24) is 10.2 Å². The Hall–Kier alpha value is -2.34. The molecule has 0 aromatic heterocycles. The van der Waals surface area contributed by atoms with Gasteiger partial charge in [-0.15, -0.1) is 0 Å². The molecule has 0 radical (unpaired) electrons. The lowest BCUT2D eigenvalue weighted by atomic mass is 9.92. The van der Waals surface area contributed by atoms with Crippen LogP contribution < -0.4 is 10.6 Å². The second-order valence-electron chi connectivity index (χ2n) is 7.22. The summed E-state index contributed by atoms with van der Waals surface area (Å²) in [6.07, 6.45) is 2.68. The van der Waals surface area contributed by atoms with Gasteiger partial charge in [0, 0.05) is 42.5 Å². The quantitative estimate of drug-likeness (QED) is 0.786. The molecule has 2 aromatic carbocycles. The highest BCUT2D eigenvalue weighted by Crippen LogP contribution is 2.32. The highest BCUT2D eigenvalue weighted by atomic mass is 79.9. The molecule has 27 heavy (non-hydrogen) atoms. The van der Waals surface area contributed by atoms with Crippen molar-refractivity contribution in [2.75, 3.05) is 18.4 Å². The number of fused-ring (bicyclic) bond motifs is 1. The number of rotatable bonds is 3. The third-order valence-electron chi connectivity index (χ3n) is 5.39. The molecule has 1 spiro atoms. The van der Waals surface area contributed by atoms with Crippen LogP contribution in [0.4, 0.5) is 5.69 Å². The van der Waals surface area contributed by atoms with Crippen LogP contribution in [0, 0.1) is 0 Å². The predicted octanol–water partition coefficient (Wildman–Crippen LogP) is 3.56. The van der Waals surface area contributed by atoms with Gasteiger partial charge in [0.05, 0.1) is 5.56 Å². The van der Waals surface area contributed by atoms with Crippen molar-refractivity contribution in [3.8, 4) is 0 Å². The van der Waals surface area contributed by atoms with Gasteiger partial charge in [0.15, 0.2) is 0 Å². The third kappa shape index (κ3) is 3.86. The molecule has 2 aliphatic rings. The fraction of sp³-hybridized carbons (Fsp3) is 0.333. The Labute approximate surface area is 167 Å². The Balaban J connectivity index is 1.36. The van der Waals surface area contributed by atoms with Crippen LogP contribution in [-0.4, -0.2) is 35.5 Å². The lowest BCUT2D eigenvalue weighted by Crippen LogP contribution is -2.62. The summed E-state index contributed by atoms with van der Waals surface area (Å²) < 4.78 is 0.882. The van der Waals surface area contributed by atoms with Crippen molar-refractivity contribution in [2.45, 2.75) is 31.3 Å². The van der Waals surface area contributed by atoms with E-state index in [0.717, 1.165) is 16.6 Å². The Bertz CT molecular complexity index is 861. The first-order chi connectivity index (χ1) is 13.0. The van der Waals surface area contributed by atoms with Crippen LogP contribution >= 0.6 is 15.9 Å². The number of anilines is 1. The van der Waals surface area contributed by atoms with Crippen LogP contribution in [0.2, 0.25) is 0 Å². The first kappa shape index (κ1) is 18.0. The lowest BCUT2D eigenvalue weighted by Gasteiger charge is -2.46. The zero-order valence-electron chi connectivity index (χ0n) is 15.0.